The first-order valence-corrected chi connectivity index (χ1v) is 5.68. The molecule has 2 aliphatic rings. The Morgan fingerprint density at radius 3 is 2.64 bits per heavy atom. The number of likely N-dealkylation sites (tertiary alicyclic amines) is 2. The van der Waals surface area contributed by atoms with Crippen LogP contribution in [-0.4, -0.2) is 47.4 Å². The van der Waals surface area contributed by atoms with E-state index in [1.165, 1.54) is 19.3 Å². The van der Waals surface area contributed by atoms with Gasteiger partial charge in [0.05, 0.1) is 5.54 Å². The molecule has 3 heteroatoms. The maximum atomic E-state index is 11.5. The van der Waals surface area contributed by atoms with Crippen LogP contribution in [0.3, 0.4) is 0 Å². The van der Waals surface area contributed by atoms with Crippen molar-refractivity contribution in [3.05, 3.63) is 0 Å². The van der Waals surface area contributed by atoms with E-state index in [4.69, 9.17) is 0 Å². The highest BCUT2D eigenvalue weighted by molar-refractivity contribution is 5.74. The number of rotatable bonds is 1. The van der Waals surface area contributed by atoms with Gasteiger partial charge >= 0.3 is 0 Å². The van der Waals surface area contributed by atoms with Crippen molar-refractivity contribution in [2.24, 2.45) is 0 Å². The van der Waals surface area contributed by atoms with Crippen LogP contribution in [0.1, 0.15) is 33.1 Å². The van der Waals surface area contributed by atoms with E-state index in [1.807, 2.05) is 0 Å². The van der Waals surface area contributed by atoms with Crippen LogP contribution in [0.25, 0.3) is 0 Å². The minimum atomic E-state index is 0.222. The number of amides is 1. The first kappa shape index (κ1) is 9.97. The molecule has 0 aliphatic carbocycles. The van der Waals surface area contributed by atoms with Gasteiger partial charge in [0.1, 0.15) is 0 Å². The van der Waals surface area contributed by atoms with Gasteiger partial charge < -0.3 is 4.90 Å². The lowest BCUT2D eigenvalue weighted by molar-refractivity contribution is -0.148. The summed E-state index contributed by atoms with van der Waals surface area (Å²) < 4.78 is 0. The second-order valence-electron chi connectivity index (χ2n) is 4.66. The van der Waals surface area contributed by atoms with Gasteiger partial charge in [-0.2, -0.15) is 0 Å². The fraction of sp³-hybridized carbons (Fsp3) is 0.909. The molecule has 2 heterocycles. The summed E-state index contributed by atoms with van der Waals surface area (Å²) in [5.74, 6) is 0.264. The zero-order valence-electron chi connectivity index (χ0n) is 9.25. The lowest BCUT2D eigenvalue weighted by Gasteiger charge is -2.57. The highest BCUT2D eigenvalue weighted by Crippen LogP contribution is 2.36. The molecule has 0 atom stereocenters. The molecule has 1 amide bonds. The van der Waals surface area contributed by atoms with E-state index in [0.29, 0.717) is 0 Å². The standard InChI is InChI=1S/C11H20N2O/c1-3-12-8-11(9-12)6-4-5-7-13(11)10(2)14/h3-9H2,1-2H3. The van der Waals surface area contributed by atoms with Crippen molar-refractivity contribution in [3.63, 3.8) is 0 Å². The molecular weight excluding hydrogens is 176 g/mol. The summed E-state index contributed by atoms with van der Waals surface area (Å²) >= 11 is 0. The summed E-state index contributed by atoms with van der Waals surface area (Å²) in [4.78, 5) is 16.0. The summed E-state index contributed by atoms with van der Waals surface area (Å²) in [6, 6.07) is 0. The molecule has 3 nitrogen and oxygen atoms in total. The number of piperidine rings is 1. The molecule has 0 aromatic carbocycles. The van der Waals surface area contributed by atoms with Crippen LogP contribution in [0, 0.1) is 0 Å². The van der Waals surface area contributed by atoms with Gasteiger partial charge in [-0.25, -0.2) is 0 Å². The molecule has 0 N–H and O–H groups in total. The van der Waals surface area contributed by atoms with Gasteiger partial charge in [-0.3, -0.25) is 9.69 Å². The number of hydrogen-bond acceptors (Lipinski definition) is 2. The van der Waals surface area contributed by atoms with Gasteiger partial charge in [0.25, 0.3) is 0 Å². The first-order valence-electron chi connectivity index (χ1n) is 5.68. The maximum Gasteiger partial charge on any atom is 0.219 e. The lowest BCUT2D eigenvalue weighted by Crippen LogP contribution is -2.72. The fourth-order valence-corrected chi connectivity index (χ4v) is 2.93. The summed E-state index contributed by atoms with van der Waals surface area (Å²) in [6.07, 6.45) is 3.69. The second kappa shape index (κ2) is 3.54. The molecule has 2 fully saturated rings. The van der Waals surface area contributed by atoms with Crippen LogP contribution in [0.5, 0.6) is 0 Å². The molecule has 0 radical (unpaired) electrons. The summed E-state index contributed by atoms with van der Waals surface area (Å²) in [5.41, 5.74) is 0.222. The van der Waals surface area contributed by atoms with Crippen molar-refractivity contribution >= 4 is 5.91 Å². The SMILES string of the molecule is CCN1CC2(CCCCN2C(C)=O)C1. The van der Waals surface area contributed by atoms with Crippen LogP contribution in [0.4, 0.5) is 0 Å². The number of nitrogens with zero attached hydrogens (tertiary/aromatic N) is 2. The average molecular weight is 196 g/mol. The van der Waals surface area contributed by atoms with E-state index in [-0.39, 0.29) is 11.4 Å². The fourth-order valence-electron chi connectivity index (χ4n) is 2.93. The smallest absolute Gasteiger partial charge is 0.219 e. The molecule has 14 heavy (non-hydrogen) atoms. The Morgan fingerprint density at radius 1 is 1.36 bits per heavy atom. The third-order valence-corrected chi connectivity index (χ3v) is 3.71. The topological polar surface area (TPSA) is 23.6 Å². The van der Waals surface area contributed by atoms with E-state index in [1.54, 1.807) is 6.92 Å². The summed E-state index contributed by atoms with van der Waals surface area (Å²) in [7, 11) is 0. The zero-order chi connectivity index (χ0) is 10.2. The predicted octanol–water partition coefficient (Wildman–Crippen LogP) is 1.09. The second-order valence-corrected chi connectivity index (χ2v) is 4.66. The molecule has 0 aromatic rings. The molecule has 0 saturated carbocycles. The third-order valence-electron chi connectivity index (χ3n) is 3.71. The quantitative estimate of drug-likeness (QED) is 0.627. The van der Waals surface area contributed by atoms with Crippen LogP contribution in [0.2, 0.25) is 0 Å². The molecule has 2 aliphatic heterocycles. The van der Waals surface area contributed by atoms with E-state index < -0.39 is 0 Å². The average Bonchev–Trinajstić information content (AvgIpc) is 2.13. The van der Waals surface area contributed by atoms with Gasteiger partial charge in [0.2, 0.25) is 5.91 Å². The Bertz CT molecular complexity index is 233. The molecule has 0 bridgehead atoms. The minimum Gasteiger partial charge on any atom is -0.335 e. The van der Waals surface area contributed by atoms with E-state index >= 15 is 0 Å². The summed E-state index contributed by atoms with van der Waals surface area (Å²) in [6.45, 7) is 8.20. The highest BCUT2D eigenvalue weighted by atomic mass is 16.2. The first-order chi connectivity index (χ1) is 6.68. The van der Waals surface area contributed by atoms with Crippen LogP contribution in [0.15, 0.2) is 0 Å². The van der Waals surface area contributed by atoms with Crippen LogP contribution < -0.4 is 0 Å². The summed E-state index contributed by atoms with van der Waals surface area (Å²) in [5, 5.41) is 0. The Labute approximate surface area is 86.1 Å². The Hall–Kier alpha value is -0.570. The monoisotopic (exact) mass is 196 g/mol. The normalized spacial score (nSPS) is 26.3. The van der Waals surface area contributed by atoms with Crippen molar-refractivity contribution in [2.45, 2.75) is 38.6 Å². The van der Waals surface area contributed by atoms with Gasteiger partial charge in [0.15, 0.2) is 0 Å². The van der Waals surface area contributed by atoms with Crippen LogP contribution >= 0.6 is 0 Å². The van der Waals surface area contributed by atoms with Crippen LogP contribution in [-0.2, 0) is 4.79 Å². The molecule has 80 valence electrons. The molecular formula is C11H20N2O. The maximum absolute atomic E-state index is 11.5. The third kappa shape index (κ3) is 1.44. The van der Waals surface area contributed by atoms with E-state index in [2.05, 4.69) is 16.7 Å². The van der Waals surface area contributed by atoms with Gasteiger partial charge in [-0.05, 0) is 25.8 Å². The number of hydrogen-bond donors (Lipinski definition) is 0. The largest absolute Gasteiger partial charge is 0.335 e. The van der Waals surface area contributed by atoms with E-state index in [0.717, 1.165) is 26.2 Å². The number of likely N-dealkylation sites (N-methyl/N-ethyl adjacent to an activating group) is 1. The van der Waals surface area contributed by atoms with Gasteiger partial charge in [-0.1, -0.05) is 6.92 Å². The molecule has 0 unspecified atom stereocenters. The Balaban J connectivity index is 2.04. The van der Waals surface area contributed by atoms with Crippen molar-refractivity contribution in [3.8, 4) is 0 Å². The Kier molecular flexibility index (Phi) is 2.52. The zero-order valence-corrected chi connectivity index (χ0v) is 9.25. The van der Waals surface area contributed by atoms with Crippen molar-refractivity contribution in [2.75, 3.05) is 26.2 Å². The number of carbonyl (C=O) groups excluding carboxylic acids is 1. The van der Waals surface area contributed by atoms with Gasteiger partial charge in [-0.15, -0.1) is 0 Å². The molecule has 2 rings (SSSR count). The predicted molar refractivity (Wildman–Crippen MR) is 56.1 cm³/mol. The van der Waals surface area contributed by atoms with Crippen molar-refractivity contribution in [1.29, 1.82) is 0 Å². The highest BCUT2D eigenvalue weighted by Gasteiger charge is 2.48. The van der Waals surface area contributed by atoms with E-state index in [9.17, 15) is 4.79 Å². The minimum absolute atomic E-state index is 0.222. The molecule has 2 saturated heterocycles. The van der Waals surface area contributed by atoms with Crippen molar-refractivity contribution < 1.29 is 4.79 Å². The molecule has 0 aromatic heterocycles. The Morgan fingerprint density at radius 2 is 2.07 bits per heavy atom. The van der Waals surface area contributed by atoms with Gasteiger partial charge in [0, 0.05) is 26.6 Å². The number of carbonyl (C=O) groups is 1. The lowest BCUT2D eigenvalue weighted by atomic mass is 9.79. The van der Waals surface area contributed by atoms with Crippen molar-refractivity contribution in [1.82, 2.24) is 9.80 Å². The molecule has 1 spiro atoms.